The Morgan fingerprint density at radius 3 is 2.56 bits per heavy atom. The fourth-order valence-corrected chi connectivity index (χ4v) is 1.75. The lowest BCUT2D eigenvalue weighted by atomic mass is 10.1. The summed E-state index contributed by atoms with van der Waals surface area (Å²) < 4.78 is 18.4. The maximum absolute atomic E-state index is 13.2. The van der Waals surface area contributed by atoms with Crippen LogP contribution in [-0.2, 0) is 0 Å². The minimum Gasteiger partial charge on any atom is -0.453 e. The van der Waals surface area contributed by atoms with Crippen LogP contribution in [0.5, 0.6) is 0 Å². The minimum atomic E-state index is -0.592. The van der Waals surface area contributed by atoms with Crippen molar-refractivity contribution in [2.24, 2.45) is 0 Å². The van der Waals surface area contributed by atoms with Gasteiger partial charge in [-0.2, -0.15) is 0 Å². The fraction of sp³-hybridized carbons (Fsp3) is 0. The minimum absolute atomic E-state index is 0.0593. The van der Waals surface area contributed by atoms with Crippen molar-refractivity contribution in [3.63, 3.8) is 0 Å². The van der Waals surface area contributed by atoms with Gasteiger partial charge in [0.1, 0.15) is 11.6 Å². The second kappa shape index (κ2) is 4.28. The lowest BCUT2D eigenvalue weighted by molar-refractivity contribution is 0.110. The summed E-state index contributed by atoms with van der Waals surface area (Å²) in [6.07, 6.45) is 0.559. The zero-order valence-electron chi connectivity index (χ0n) is 7.84. The number of carbonyl (C=O) groups excluding carboxylic acids is 1. The van der Waals surface area contributed by atoms with E-state index < -0.39 is 5.82 Å². The molecule has 2 aromatic rings. The smallest absolute Gasteiger partial charge is 0.185 e. The molecule has 0 aliphatic heterocycles. The molecule has 0 radical (unpaired) electrons. The summed E-state index contributed by atoms with van der Waals surface area (Å²) in [5.74, 6) is -0.116. The lowest BCUT2D eigenvalue weighted by Crippen LogP contribution is -1.82. The molecule has 0 bridgehead atoms. The molecule has 0 amide bonds. The molecule has 0 saturated carbocycles. The number of carbonyl (C=O) groups is 1. The van der Waals surface area contributed by atoms with Gasteiger partial charge in [-0.3, -0.25) is 4.79 Å². The third-order valence-electron chi connectivity index (χ3n) is 2.02. The van der Waals surface area contributed by atoms with Crippen LogP contribution >= 0.6 is 23.2 Å². The molecule has 16 heavy (non-hydrogen) atoms. The monoisotopic (exact) mass is 258 g/mol. The summed E-state index contributed by atoms with van der Waals surface area (Å²) in [5.41, 5.74) is 0.358. The summed E-state index contributed by atoms with van der Waals surface area (Å²) in [6, 6.07) is 5.47. The Hall–Kier alpha value is -1.32. The van der Waals surface area contributed by atoms with Gasteiger partial charge in [0.25, 0.3) is 0 Å². The van der Waals surface area contributed by atoms with Crippen LogP contribution in [0.15, 0.2) is 28.7 Å². The van der Waals surface area contributed by atoms with Crippen molar-refractivity contribution in [2.75, 3.05) is 0 Å². The summed E-state index contributed by atoms with van der Waals surface area (Å²) in [4.78, 5) is 10.4. The number of furan rings is 1. The van der Waals surface area contributed by atoms with Gasteiger partial charge in [0, 0.05) is 5.56 Å². The maximum atomic E-state index is 13.2. The van der Waals surface area contributed by atoms with Crippen LogP contribution in [-0.4, -0.2) is 6.29 Å². The quantitative estimate of drug-likeness (QED) is 0.597. The fourth-order valence-electron chi connectivity index (χ4n) is 1.27. The molecule has 1 heterocycles. The van der Waals surface area contributed by atoms with E-state index in [1.807, 2.05) is 0 Å². The van der Waals surface area contributed by atoms with Crippen molar-refractivity contribution in [1.82, 2.24) is 0 Å². The van der Waals surface area contributed by atoms with Crippen molar-refractivity contribution in [1.29, 1.82) is 0 Å². The van der Waals surface area contributed by atoms with Gasteiger partial charge < -0.3 is 4.42 Å². The predicted octanol–water partition coefficient (Wildman–Crippen LogP) is 4.21. The first-order valence-electron chi connectivity index (χ1n) is 4.31. The van der Waals surface area contributed by atoms with Gasteiger partial charge in [-0.15, -0.1) is 0 Å². The van der Waals surface area contributed by atoms with Gasteiger partial charge in [-0.1, -0.05) is 23.2 Å². The normalized spacial score (nSPS) is 10.4. The molecule has 0 N–H and O–H groups in total. The summed E-state index contributed by atoms with van der Waals surface area (Å²) in [6.45, 7) is 0. The molecule has 1 aromatic carbocycles. The number of hydrogen-bond donors (Lipinski definition) is 0. The zero-order chi connectivity index (χ0) is 11.7. The number of aldehydes is 1. The van der Waals surface area contributed by atoms with Gasteiger partial charge >= 0.3 is 0 Å². The van der Waals surface area contributed by atoms with Crippen LogP contribution in [0, 0.1) is 5.82 Å². The van der Waals surface area contributed by atoms with E-state index >= 15 is 0 Å². The molecular formula is C11H5Cl2FO2. The first-order chi connectivity index (χ1) is 7.61. The molecule has 5 heteroatoms. The van der Waals surface area contributed by atoms with Crippen molar-refractivity contribution < 1.29 is 13.6 Å². The third kappa shape index (κ3) is 1.96. The van der Waals surface area contributed by atoms with E-state index in [0.29, 0.717) is 17.6 Å². The number of benzene rings is 1. The van der Waals surface area contributed by atoms with Crippen LogP contribution in [0.1, 0.15) is 10.6 Å². The molecule has 2 rings (SSSR count). The van der Waals surface area contributed by atoms with Crippen LogP contribution in [0.4, 0.5) is 4.39 Å². The molecular weight excluding hydrogens is 254 g/mol. The van der Waals surface area contributed by atoms with Crippen LogP contribution in [0.25, 0.3) is 11.3 Å². The van der Waals surface area contributed by atoms with Crippen LogP contribution < -0.4 is 0 Å². The highest BCUT2D eigenvalue weighted by molar-refractivity contribution is 6.36. The zero-order valence-corrected chi connectivity index (χ0v) is 9.35. The second-order valence-electron chi connectivity index (χ2n) is 3.07. The predicted molar refractivity (Wildman–Crippen MR) is 59.5 cm³/mol. The van der Waals surface area contributed by atoms with Gasteiger partial charge in [-0.05, 0) is 24.3 Å². The van der Waals surface area contributed by atoms with Crippen LogP contribution in [0.2, 0.25) is 10.0 Å². The standard InChI is InChI=1S/C11H5Cl2FO2/c12-8-4-9(13)10(14)3-7(8)11-2-1-6(5-15)16-11/h1-5H. The molecule has 82 valence electrons. The van der Waals surface area contributed by atoms with Crippen molar-refractivity contribution >= 4 is 29.5 Å². The van der Waals surface area contributed by atoms with E-state index in [-0.39, 0.29) is 15.8 Å². The molecule has 0 unspecified atom stereocenters. The summed E-state index contributed by atoms with van der Waals surface area (Å²) >= 11 is 11.4. The largest absolute Gasteiger partial charge is 0.453 e. The molecule has 1 aromatic heterocycles. The number of rotatable bonds is 2. The Bertz CT molecular complexity index is 549. The average Bonchev–Trinajstić information content (AvgIpc) is 2.71. The topological polar surface area (TPSA) is 30.2 Å². The van der Waals surface area contributed by atoms with E-state index in [9.17, 15) is 9.18 Å². The van der Waals surface area contributed by atoms with Crippen molar-refractivity contribution in [3.05, 3.63) is 45.9 Å². The Labute approximate surface area is 101 Å². The highest BCUT2D eigenvalue weighted by atomic mass is 35.5. The van der Waals surface area contributed by atoms with E-state index in [1.165, 1.54) is 18.2 Å². The van der Waals surface area contributed by atoms with Crippen LogP contribution in [0.3, 0.4) is 0 Å². The summed E-state index contributed by atoms with van der Waals surface area (Å²) in [7, 11) is 0. The van der Waals surface area contributed by atoms with Gasteiger partial charge in [-0.25, -0.2) is 4.39 Å². The maximum Gasteiger partial charge on any atom is 0.185 e. The molecule has 0 fully saturated rings. The number of halogens is 3. The highest BCUT2D eigenvalue weighted by Crippen LogP contribution is 2.32. The first kappa shape index (κ1) is 11.2. The Morgan fingerprint density at radius 2 is 1.94 bits per heavy atom. The SMILES string of the molecule is O=Cc1ccc(-c2cc(F)c(Cl)cc2Cl)o1. The van der Waals surface area contributed by atoms with E-state index in [1.54, 1.807) is 0 Å². The first-order valence-corrected chi connectivity index (χ1v) is 5.07. The molecule has 0 saturated heterocycles. The van der Waals surface area contributed by atoms with Crippen molar-refractivity contribution in [2.45, 2.75) is 0 Å². The van der Waals surface area contributed by atoms with Gasteiger partial charge in [0.2, 0.25) is 0 Å². The Morgan fingerprint density at radius 1 is 1.19 bits per heavy atom. The molecule has 0 spiro atoms. The average molecular weight is 259 g/mol. The highest BCUT2D eigenvalue weighted by Gasteiger charge is 2.12. The Kier molecular flexibility index (Phi) is 2.99. The van der Waals surface area contributed by atoms with Gasteiger partial charge in [0.15, 0.2) is 12.0 Å². The molecule has 0 aliphatic rings. The summed E-state index contributed by atoms with van der Waals surface area (Å²) in [5, 5.41) is 0.203. The number of hydrogen-bond acceptors (Lipinski definition) is 2. The molecule has 2 nitrogen and oxygen atoms in total. The van der Waals surface area contributed by atoms with E-state index in [4.69, 9.17) is 27.6 Å². The van der Waals surface area contributed by atoms with Crippen molar-refractivity contribution in [3.8, 4) is 11.3 Å². The second-order valence-corrected chi connectivity index (χ2v) is 3.88. The van der Waals surface area contributed by atoms with Gasteiger partial charge in [0.05, 0.1) is 10.0 Å². The van der Waals surface area contributed by atoms with E-state index in [0.717, 1.165) is 6.07 Å². The molecule has 0 atom stereocenters. The molecule has 0 aliphatic carbocycles. The third-order valence-corrected chi connectivity index (χ3v) is 2.62. The Balaban J connectivity index is 2.55. The van der Waals surface area contributed by atoms with E-state index in [2.05, 4.69) is 0 Å². The lowest BCUT2D eigenvalue weighted by Gasteiger charge is -2.02.